The lowest BCUT2D eigenvalue weighted by Gasteiger charge is -2.23. The van der Waals surface area contributed by atoms with Crippen LogP contribution in [0.4, 0.5) is 19.0 Å². The Balaban J connectivity index is 1.56. The molecule has 33 heavy (non-hydrogen) atoms. The minimum atomic E-state index is -4.02. The first kappa shape index (κ1) is 23.0. The first-order chi connectivity index (χ1) is 15.7. The molecule has 1 aromatic carbocycles. The summed E-state index contributed by atoms with van der Waals surface area (Å²) in [5.74, 6) is 0.0194. The zero-order valence-electron chi connectivity index (χ0n) is 17.6. The van der Waals surface area contributed by atoms with E-state index in [4.69, 9.17) is 0 Å². The van der Waals surface area contributed by atoms with Gasteiger partial charge in [-0.05, 0) is 43.7 Å². The zero-order valence-corrected chi connectivity index (χ0v) is 18.4. The summed E-state index contributed by atoms with van der Waals surface area (Å²) in [4.78, 5) is 13.9. The zero-order chi connectivity index (χ0) is 23.8. The lowest BCUT2D eigenvalue weighted by molar-refractivity contribution is 0.0541. The van der Waals surface area contributed by atoms with Crippen molar-refractivity contribution in [2.45, 2.75) is 24.8 Å². The van der Waals surface area contributed by atoms with Gasteiger partial charge < -0.3 is 4.90 Å². The van der Waals surface area contributed by atoms with Gasteiger partial charge in [-0.3, -0.25) is 4.79 Å². The van der Waals surface area contributed by atoms with Crippen molar-refractivity contribution in [3.8, 4) is 5.69 Å². The molecule has 1 saturated heterocycles. The first-order valence-electron chi connectivity index (χ1n) is 10.1. The second kappa shape index (κ2) is 8.98. The molecule has 2 aromatic heterocycles. The number of alkyl halides is 2. The van der Waals surface area contributed by atoms with Gasteiger partial charge in [0.05, 0.1) is 17.6 Å². The molecule has 1 aliphatic heterocycles. The van der Waals surface area contributed by atoms with Crippen molar-refractivity contribution in [2.24, 2.45) is 0 Å². The van der Waals surface area contributed by atoms with Crippen molar-refractivity contribution in [1.29, 1.82) is 0 Å². The molecule has 3 heterocycles. The van der Waals surface area contributed by atoms with E-state index in [2.05, 4.69) is 10.2 Å². The summed E-state index contributed by atoms with van der Waals surface area (Å²) < 4.78 is 68.2. The predicted molar refractivity (Wildman–Crippen MR) is 114 cm³/mol. The van der Waals surface area contributed by atoms with E-state index in [-0.39, 0.29) is 30.2 Å². The van der Waals surface area contributed by atoms with E-state index in [0.717, 1.165) is 10.9 Å². The highest BCUT2D eigenvalue weighted by atomic mass is 32.2. The molecule has 0 amide bonds. The van der Waals surface area contributed by atoms with Gasteiger partial charge in [0.1, 0.15) is 16.5 Å². The van der Waals surface area contributed by atoms with Crippen LogP contribution in [0.2, 0.25) is 0 Å². The van der Waals surface area contributed by atoms with Gasteiger partial charge in [-0.15, -0.1) is 5.10 Å². The van der Waals surface area contributed by atoms with Gasteiger partial charge in [0.25, 0.3) is 5.56 Å². The number of nitrogens with zero attached hydrogens (tertiary/aromatic N) is 6. The third-order valence-corrected chi connectivity index (χ3v) is 7.44. The Hall–Kier alpha value is -3.19. The molecule has 13 heteroatoms. The third-order valence-electron chi connectivity index (χ3n) is 5.44. The van der Waals surface area contributed by atoms with Gasteiger partial charge in [0, 0.05) is 32.2 Å². The topological polar surface area (TPSA) is 93.3 Å². The molecule has 1 aliphatic rings. The number of anilines is 1. The summed E-state index contributed by atoms with van der Waals surface area (Å²) in [5, 5.41) is 7.86. The van der Waals surface area contributed by atoms with E-state index in [1.54, 1.807) is 6.07 Å². The highest BCUT2D eigenvalue weighted by Crippen LogP contribution is 2.24. The maximum absolute atomic E-state index is 13.2. The number of hydrogen-bond donors (Lipinski definition) is 0. The standard InChI is InChI=1S/C20H21F3N6O3S/c1-14-17(13-24-28(14)20(22)23)33(31,32)27-10-2-9-26(11-12-27)18-7-8-19(30)29(25-18)16-5-3-15(21)4-6-16/h3-8,13,20H,2,9-12H2,1H3. The lowest BCUT2D eigenvalue weighted by Crippen LogP contribution is -2.36. The normalized spacial score (nSPS) is 15.7. The quantitative estimate of drug-likeness (QED) is 0.554. The molecule has 0 aliphatic carbocycles. The average molecular weight is 482 g/mol. The number of sulfonamides is 1. The fraction of sp³-hybridized carbons (Fsp3) is 0.350. The smallest absolute Gasteiger partial charge is 0.333 e. The van der Waals surface area contributed by atoms with Crippen molar-refractivity contribution in [1.82, 2.24) is 23.9 Å². The molecule has 1 fully saturated rings. The average Bonchev–Trinajstić information content (AvgIpc) is 3.01. The van der Waals surface area contributed by atoms with E-state index < -0.39 is 27.9 Å². The van der Waals surface area contributed by atoms with Crippen LogP contribution >= 0.6 is 0 Å². The fourth-order valence-corrected chi connectivity index (χ4v) is 5.31. The van der Waals surface area contributed by atoms with Crippen LogP contribution in [0.3, 0.4) is 0 Å². The van der Waals surface area contributed by atoms with Crippen LogP contribution in [0.1, 0.15) is 18.7 Å². The minimum Gasteiger partial charge on any atom is -0.354 e. The Morgan fingerprint density at radius 2 is 1.73 bits per heavy atom. The number of aromatic nitrogens is 4. The molecular weight excluding hydrogens is 461 g/mol. The van der Waals surface area contributed by atoms with Gasteiger partial charge in [-0.25, -0.2) is 17.5 Å². The van der Waals surface area contributed by atoms with Gasteiger partial charge in [-0.2, -0.15) is 22.9 Å². The Kier molecular flexibility index (Phi) is 6.26. The van der Waals surface area contributed by atoms with E-state index >= 15 is 0 Å². The van der Waals surface area contributed by atoms with E-state index in [1.807, 2.05) is 4.90 Å². The largest absolute Gasteiger partial charge is 0.354 e. The number of rotatable bonds is 5. The Labute approximate surface area is 187 Å². The molecule has 0 spiro atoms. The molecule has 0 bridgehead atoms. The predicted octanol–water partition coefficient (Wildman–Crippen LogP) is 2.17. The van der Waals surface area contributed by atoms with Crippen molar-refractivity contribution in [3.63, 3.8) is 0 Å². The maximum Gasteiger partial charge on any atom is 0.333 e. The second-order valence-corrected chi connectivity index (χ2v) is 9.39. The van der Waals surface area contributed by atoms with Gasteiger partial charge >= 0.3 is 6.55 Å². The van der Waals surface area contributed by atoms with Crippen LogP contribution in [0, 0.1) is 12.7 Å². The summed E-state index contributed by atoms with van der Waals surface area (Å²) >= 11 is 0. The summed E-state index contributed by atoms with van der Waals surface area (Å²) in [7, 11) is -4.02. The summed E-state index contributed by atoms with van der Waals surface area (Å²) in [6.45, 7) is -0.615. The van der Waals surface area contributed by atoms with Crippen LogP contribution in [-0.2, 0) is 10.0 Å². The van der Waals surface area contributed by atoms with E-state index in [1.165, 1.54) is 41.6 Å². The minimum absolute atomic E-state index is 0.0962. The molecule has 0 saturated carbocycles. The SMILES string of the molecule is Cc1c(S(=O)(=O)N2CCCN(c3ccc(=O)n(-c4ccc(F)cc4)n3)CC2)cnn1C(F)F. The maximum atomic E-state index is 13.2. The van der Waals surface area contributed by atoms with Gasteiger partial charge in [0.2, 0.25) is 10.0 Å². The monoisotopic (exact) mass is 482 g/mol. The molecule has 0 atom stereocenters. The number of hydrogen-bond acceptors (Lipinski definition) is 6. The van der Waals surface area contributed by atoms with Crippen molar-refractivity contribution in [2.75, 3.05) is 31.1 Å². The lowest BCUT2D eigenvalue weighted by atomic mass is 10.3. The summed E-state index contributed by atoms with van der Waals surface area (Å²) in [6, 6.07) is 8.21. The van der Waals surface area contributed by atoms with Crippen LogP contribution < -0.4 is 10.5 Å². The first-order valence-corrected chi connectivity index (χ1v) is 11.6. The highest BCUT2D eigenvalue weighted by molar-refractivity contribution is 7.89. The molecule has 0 radical (unpaired) electrons. The molecule has 9 nitrogen and oxygen atoms in total. The number of benzene rings is 1. The van der Waals surface area contributed by atoms with Gasteiger partial charge in [0.15, 0.2) is 0 Å². The Bertz CT molecular complexity index is 1310. The Morgan fingerprint density at radius 1 is 1.00 bits per heavy atom. The van der Waals surface area contributed by atoms with Crippen LogP contribution in [0.25, 0.3) is 5.69 Å². The fourth-order valence-electron chi connectivity index (χ4n) is 3.70. The molecular formula is C20H21F3N6O3S. The van der Waals surface area contributed by atoms with Crippen LogP contribution in [0.15, 0.2) is 52.3 Å². The van der Waals surface area contributed by atoms with Gasteiger partial charge in [-0.1, -0.05) is 0 Å². The van der Waals surface area contributed by atoms with Crippen molar-refractivity contribution >= 4 is 15.8 Å². The molecule has 4 rings (SSSR count). The molecule has 3 aromatic rings. The highest BCUT2D eigenvalue weighted by Gasteiger charge is 2.31. The summed E-state index contributed by atoms with van der Waals surface area (Å²) in [6.07, 6.45) is 1.40. The van der Waals surface area contributed by atoms with E-state index in [9.17, 15) is 26.4 Å². The summed E-state index contributed by atoms with van der Waals surface area (Å²) in [5.41, 5.74) is -0.121. The van der Waals surface area contributed by atoms with Crippen molar-refractivity contribution in [3.05, 3.63) is 64.5 Å². The molecule has 0 N–H and O–H groups in total. The molecule has 176 valence electrons. The van der Waals surface area contributed by atoms with Crippen LogP contribution in [-0.4, -0.2) is 58.5 Å². The van der Waals surface area contributed by atoms with Crippen LogP contribution in [0.5, 0.6) is 0 Å². The second-order valence-electron chi connectivity index (χ2n) is 7.48. The molecule has 0 unspecified atom stereocenters. The van der Waals surface area contributed by atoms with E-state index in [0.29, 0.717) is 29.2 Å². The third kappa shape index (κ3) is 4.50. The number of halogens is 3. The Morgan fingerprint density at radius 3 is 2.39 bits per heavy atom. The van der Waals surface area contributed by atoms with Crippen molar-refractivity contribution < 1.29 is 21.6 Å².